The number of aromatic amines is 1. The molecule has 0 aliphatic carbocycles. The number of imidazole rings is 1. The predicted molar refractivity (Wildman–Crippen MR) is 37.3 cm³/mol. The Morgan fingerprint density at radius 3 is 2.36 bits per heavy atom. The molecule has 0 bridgehead atoms. The fourth-order valence-electron chi connectivity index (χ4n) is 0.364. The molecular formula is C7H12N2O2. The summed E-state index contributed by atoms with van der Waals surface area (Å²) in [5.74, 6) is -0.995. The van der Waals surface area contributed by atoms with Crippen molar-refractivity contribution in [3.8, 4) is 0 Å². The summed E-state index contributed by atoms with van der Waals surface area (Å²) in [5, 5.41) is 9.26. The number of hydrogen-bond acceptors (Lipinski definition) is 2. The maximum atomic E-state index is 9.26. The third-order valence-corrected chi connectivity index (χ3v) is 0.973. The van der Waals surface area contributed by atoms with Gasteiger partial charge >= 0.3 is 0 Å². The number of carboxylic acids is 1. The number of aliphatic carboxylic acids is 1. The zero-order chi connectivity index (χ0) is 8.69. The summed E-state index contributed by atoms with van der Waals surface area (Å²) < 4.78 is 1.94. The highest BCUT2D eigenvalue weighted by atomic mass is 16.4. The standard InChI is InChI=1S/C4H6N2.C3H6O2/c1-6-3-2-5-4-6;1-2-3(4)5/h2-4H,1H3;2H2,1H3,(H,4,5). The Hall–Kier alpha value is -1.32. The minimum atomic E-state index is -0.995. The number of carbonyl (C=O) groups is 1. The third-order valence-electron chi connectivity index (χ3n) is 0.973. The van der Waals surface area contributed by atoms with Crippen LogP contribution in [0.4, 0.5) is 0 Å². The lowest BCUT2D eigenvalue weighted by Crippen LogP contribution is -2.22. The molecule has 0 amide bonds. The van der Waals surface area contributed by atoms with Crippen LogP contribution >= 0.6 is 0 Å². The van der Waals surface area contributed by atoms with E-state index in [4.69, 9.17) is 0 Å². The van der Waals surface area contributed by atoms with Gasteiger partial charge in [0.05, 0.1) is 7.05 Å². The van der Waals surface area contributed by atoms with E-state index in [0.29, 0.717) is 0 Å². The van der Waals surface area contributed by atoms with Crippen LogP contribution in [-0.4, -0.2) is 11.0 Å². The van der Waals surface area contributed by atoms with Crippen LogP contribution in [0.25, 0.3) is 0 Å². The smallest absolute Gasteiger partial charge is 0.241 e. The Morgan fingerprint density at radius 2 is 2.27 bits per heavy atom. The summed E-state index contributed by atoms with van der Waals surface area (Å²) in [5.41, 5.74) is 0. The predicted octanol–water partition coefficient (Wildman–Crippen LogP) is -1.01. The molecule has 4 nitrogen and oxygen atoms in total. The highest BCUT2D eigenvalue weighted by Crippen LogP contribution is 1.62. The van der Waals surface area contributed by atoms with Gasteiger partial charge in [0.15, 0.2) is 0 Å². The Bertz CT molecular complexity index is 194. The van der Waals surface area contributed by atoms with Crippen LogP contribution in [0, 0.1) is 0 Å². The molecule has 4 heteroatoms. The van der Waals surface area contributed by atoms with Crippen LogP contribution in [0.3, 0.4) is 0 Å². The summed E-state index contributed by atoms with van der Waals surface area (Å²) in [4.78, 5) is 12.1. The van der Waals surface area contributed by atoms with Gasteiger partial charge in [-0.15, -0.1) is 0 Å². The largest absolute Gasteiger partial charge is 0.550 e. The number of aryl methyl sites for hydroxylation is 1. The summed E-state index contributed by atoms with van der Waals surface area (Å²) in [6.45, 7) is 1.54. The lowest BCUT2D eigenvalue weighted by molar-refractivity contribution is -0.670. The van der Waals surface area contributed by atoms with Gasteiger partial charge in [-0.25, -0.2) is 4.57 Å². The molecule has 0 saturated carbocycles. The number of nitrogens with one attached hydrogen (secondary N) is 1. The van der Waals surface area contributed by atoms with Gasteiger partial charge < -0.3 is 9.90 Å². The first-order valence-electron chi connectivity index (χ1n) is 3.34. The van der Waals surface area contributed by atoms with Crippen molar-refractivity contribution in [2.24, 2.45) is 7.05 Å². The van der Waals surface area contributed by atoms with Gasteiger partial charge in [-0.05, 0) is 6.42 Å². The van der Waals surface area contributed by atoms with Gasteiger partial charge in [-0.1, -0.05) is 6.92 Å². The summed E-state index contributed by atoms with van der Waals surface area (Å²) in [7, 11) is 1.97. The normalized spacial score (nSPS) is 8.18. The first kappa shape index (κ1) is 9.68. The Morgan fingerprint density at radius 1 is 1.73 bits per heavy atom. The molecule has 0 unspecified atom stereocenters. The average molecular weight is 156 g/mol. The van der Waals surface area contributed by atoms with Crippen LogP contribution in [0.5, 0.6) is 0 Å². The van der Waals surface area contributed by atoms with E-state index >= 15 is 0 Å². The topological polar surface area (TPSA) is 59.8 Å². The summed E-state index contributed by atoms with van der Waals surface area (Å²) in [6, 6.07) is 0. The van der Waals surface area contributed by atoms with Crippen LogP contribution in [0.15, 0.2) is 18.7 Å². The monoisotopic (exact) mass is 156 g/mol. The highest BCUT2D eigenvalue weighted by molar-refractivity contribution is 5.63. The van der Waals surface area contributed by atoms with Gasteiger partial charge in [0.1, 0.15) is 12.4 Å². The fraction of sp³-hybridized carbons (Fsp3) is 0.429. The number of hydrogen-bond donors (Lipinski definition) is 1. The zero-order valence-corrected chi connectivity index (χ0v) is 6.70. The van der Waals surface area contributed by atoms with Crippen molar-refractivity contribution in [2.45, 2.75) is 13.3 Å². The minimum Gasteiger partial charge on any atom is -0.550 e. The van der Waals surface area contributed by atoms with E-state index in [1.54, 1.807) is 0 Å². The maximum Gasteiger partial charge on any atom is 0.241 e. The van der Waals surface area contributed by atoms with Crippen LogP contribution in [0.2, 0.25) is 0 Å². The van der Waals surface area contributed by atoms with Crippen molar-refractivity contribution in [1.82, 2.24) is 4.98 Å². The molecule has 0 aliphatic heterocycles. The SMILES string of the molecule is CCC(=O)[O-].C[n+]1cc[nH]c1. The van der Waals surface area contributed by atoms with E-state index in [1.807, 2.05) is 30.3 Å². The lowest BCUT2D eigenvalue weighted by Gasteiger charge is -1.87. The van der Waals surface area contributed by atoms with Crippen LogP contribution in [0.1, 0.15) is 13.3 Å². The molecule has 1 aromatic rings. The minimum absolute atomic E-state index is 0.111. The second-order valence-electron chi connectivity index (χ2n) is 2.00. The quantitative estimate of drug-likeness (QED) is 0.529. The van der Waals surface area contributed by atoms with E-state index in [9.17, 15) is 9.90 Å². The van der Waals surface area contributed by atoms with Crippen molar-refractivity contribution in [1.29, 1.82) is 0 Å². The lowest BCUT2D eigenvalue weighted by atomic mass is 10.5. The first-order valence-corrected chi connectivity index (χ1v) is 3.34. The maximum absolute atomic E-state index is 9.26. The molecule has 0 spiro atoms. The number of H-pyrrole nitrogens is 1. The number of aromatic nitrogens is 2. The summed E-state index contributed by atoms with van der Waals surface area (Å²) >= 11 is 0. The molecule has 0 aliphatic rings. The van der Waals surface area contributed by atoms with Gasteiger partial charge in [0, 0.05) is 5.97 Å². The molecule has 1 aromatic heterocycles. The van der Waals surface area contributed by atoms with Crippen LogP contribution < -0.4 is 9.67 Å². The third kappa shape index (κ3) is 6.57. The molecule has 0 fully saturated rings. The molecule has 1 heterocycles. The molecule has 0 aromatic carbocycles. The molecule has 11 heavy (non-hydrogen) atoms. The van der Waals surface area contributed by atoms with Gasteiger partial charge in [0.25, 0.3) is 0 Å². The number of carboxylic acid groups (broad SMARTS) is 1. The van der Waals surface area contributed by atoms with E-state index < -0.39 is 5.97 Å². The molecule has 1 N–H and O–H groups in total. The Kier molecular flexibility index (Phi) is 4.81. The van der Waals surface area contributed by atoms with E-state index in [0.717, 1.165) is 0 Å². The summed E-state index contributed by atoms with van der Waals surface area (Å²) in [6.07, 6.45) is 5.81. The first-order chi connectivity index (χ1) is 5.16. The molecule has 1 rings (SSSR count). The molecule has 0 radical (unpaired) electrons. The average Bonchev–Trinajstić information content (AvgIpc) is 2.41. The van der Waals surface area contributed by atoms with Gasteiger partial charge in [-0.3, -0.25) is 4.98 Å². The molecule has 62 valence electrons. The van der Waals surface area contributed by atoms with Crippen LogP contribution in [-0.2, 0) is 11.8 Å². The second-order valence-corrected chi connectivity index (χ2v) is 2.00. The molecular weight excluding hydrogens is 144 g/mol. The Balaban J connectivity index is 0.000000187. The van der Waals surface area contributed by atoms with E-state index in [1.165, 1.54) is 6.92 Å². The fourth-order valence-corrected chi connectivity index (χ4v) is 0.364. The van der Waals surface area contributed by atoms with Gasteiger partial charge in [-0.2, -0.15) is 0 Å². The molecule has 0 saturated heterocycles. The number of nitrogens with zero attached hydrogens (tertiary/aromatic N) is 1. The van der Waals surface area contributed by atoms with E-state index in [2.05, 4.69) is 4.98 Å². The number of carbonyl (C=O) groups excluding carboxylic acids is 1. The van der Waals surface area contributed by atoms with Crippen molar-refractivity contribution >= 4 is 5.97 Å². The van der Waals surface area contributed by atoms with Crippen molar-refractivity contribution in [3.63, 3.8) is 0 Å². The van der Waals surface area contributed by atoms with Crippen molar-refractivity contribution in [2.75, 3.05) is 0 Å². The van der Waals surface area contributed by atoms with E-state index in [-0.39, 0.29) is 6.42 Å². The number of rotatable bonds is 1. The Labute approximate surface area is 65.5 Å². The van der Waals surface area contributed by atoms with Gasteiger partial charge in [0.2, 0.25) is 6.33 Å². The molecule has 0 atom stereocenters. The van der Waals surface area contributed by atoms with Crippen molar-refractivity contribution < 1.29 is 14.5 Å². The highest BCUT2D eigenvalue weighted by Gasteiger charge is 1.78. The zero-order valence-electron chi connectivity index (χ0n) is 6.70. The van der Waals surface area contributed by atoms with Crippen molar-refractivity contribution in [3.05, 3.63) is 18.7 Å². The second kappa shape index (κ2) is 5.46.